The molecule has 0 N–H and O–H groups in total. The fraction of sp³-hybridized carbons (Fsp3) is 0.615. The molecule has 2 aliphatic rings. The van der Waals surface area contributed by atoms with Crippen LogP contribution in [0.3, 0.4) is 0 Å². The molecule has 0 saturated heterocycles. The number of fused-ring (bicyclic) bond motifs is 2. The monoisotopic (exact) mass is 447 g/mol. The largest absolute Gasteiger partial charge is 0.534 e. The Bertz CT molecular complexity index is 712. The van der Waals surface area contributed by atoms with Gasteiger partial charge < -0.3 is 4.18 Å². The Kier molecular flexibility index (Phi) is 3.86. The van der Waals surface area contributed by atoms with Crippen molar-refractivity contribution < 1.29 is 25.8 Å². The van der Waals surface area contributed by atoms with E-state index in [4.69, 9.17) is 0 Å². The molecule has 3 rings (SSSR count). The van der Waals surface area contributed by atoms with Gasteiger partial charge in [0.2, 0.25) is 0 Å². The lowest BCUT2D eigenvalue weighted by Gasteiger charge is -2.25. The van der Waals surface area contributed by atoms with Crippen LogP contribution in [0.25, 0.3) is 0 Å². The summed E-state index contributed by atoms with van der Waals surface area (Å²) in [5.41, 5.74) is -4.05. The Morgan fingerprint density at radius 2 is 1.86 bits per heavy atom. The van der Waals surface area contributed by atoms with Crippen LogP contribution in [0.1, 0.15) is 43.2 Å². The summed E-state index contributed by atoms with van der Waals surface area (Å²) in [5, 5.41) is 0. The minimum atomic E-state index is -5.66. The highest BCUT2D eigenvalue weighted by atomic mass is 127. The molecule has 0 radical (unpaired) electrons. The normalized spacial score (nSPS) is 20.4. The lowest BCUT2D eigenvalue weighted by Crippen LogP contribution is -2.28. The highest BCUT2D eigenvalue weighted by molar-refractivity contribution is 14.1. The number of alkyl halides is 3. The maximum Gasteiger partial charge on any atom is 0.534 e. The summed E-state index contributed by atoms with van der Waals surface area (Å²) < 4.78 is 65.1. The first-order chi connectivity index (χ1) is 10.2. The van der Waals surface area contributed by atoms with Gasteiger partial charge in [0.05, 0.1) is 6.20 Å². The smallest absolute Gasteiger partial charge is 0.374 e. The summed E-state index contributed by atoms with van der Waals surface area (Å²) in [4.78, 5) is 4.07. The second kappa shape index (κ2) is 5.22. The third-order valence-electron chi connectivity index (χ3n) is 4.53. The highest BCUT2D eigenvalue weighted by Crippen LogP contribution is 2.53. The van der Waals surface area contributed by atoms with E-state index in [9.17, 15) is 21.6 Å². The molecule has 0 aromatic carbocycles. The summed E-state index contributed by atoms with van der Waals surface area (Å²) in [6.45, 7) is 0. The van der Waals surface area contributed by atoms with Gasteiger partial charge >= 0.3 is 15.6 Å². The van der Waals surface area contributed by atoms with Crippen LogP contribution in [-0.2, 0) is 22.0 Å². The molecule has 22 heavy (non-hydrogen) atoms. The van der Waals surface area contributed by atoms with Crippen molar-refractivity contribution in [3.8, 4) is 5.75 Å². The van der Waals surface area contributed by atoms with Crippen LogP contribution in [0, 0.1) is 3.70 Å². The van der Waals surface area contributed by atoms with E-state index in [0.29, 0.717) is 12.0 Å². The van der Waals surface area contributed by atoms with Crippen molar-refractivity contribution in [1.82, 2.24) is 4.98 Å². The maximum absolute atomic E-state index is 12.5. The van der Waals surface area contributed by atoms with Crippen LogP contribution in [0.15, 0.2) is 6.20 Å². The van der Waals surface area contributed by atoms with Gasteiger partial charge in [-0.2, -0.15) is 21.6 Å². The molecular formula is C13H13F3INO3S. The van der Waals surface area contributed by atoms with E-state index in [1.165, 1.54) is 0 Å². The minimum absolute atomic E-state index is 0.0692. The second-order valence-electron chi connectivity index (χ2n) is 5.74. The van der Waals surface area contributed by atoms with Gasteiger partial charge in [0.25, 0.3) is 0 Å². The highest BCUT2D eigenvalue weighted by Gasteiger charge is 2.50. The van der Waals surface area contributed by atoms with Crippen LogP contribution in [0.5, 0.6) is 5.75 Å². The maximum atomic E-state index is 12.5. The summed E-state index contributed by atoms with van der Waals surface area (Å²) in [5.74, 6) is -0.281. The number of nitrogens with zero attached hydrogens (tertiary/aromatic N) is 1. The van der Waals surface area contributed by atoms with Crippen molar-refractivity contribution >= 4 is 32.7 Å². The molecule has 1 aromatic heterocycles. The van der Waals surface area contributed by atoms with E-state index in [-0.39, 0.29) is 11.2 Å². The Hall–Kier alpha value is -0.580. The van der Waals surface area contributed by atoms with Gasteiger partial charge in [-0.05, 0) is 59.3 Å². The van der Waals surface area contributed by atoms with E-state index < -0.39 is 15.6 Å². The molecule has 1 fully saturated rings. The first-order valence-electron chi connectivity index (χ1n) is 6.85. The molecule has 0 atom stereocenters. The first kappa shape index (κ1) is 16.3. The number of hydrogen-bond donors (Lipinski definition) is 0. The quantitative estimate of drug-likeness (QED) is 0.301. The summed E-state index contributed by atoms with van der Waals surface area (Å²) in [7, 11) is -5.66. The Balaban J connectivity index is 2.05. The summed E-state index contributed by atoms with van der Waals surface area (Å²) >= 11 is 2.06. The van der Waals surface area contributed by atoms with Crippen molar-refractivity contribution in [3.63, 3.8) is 0 Å². The van der Waals surface area contributed by atoms with E-state index in [1.807, 2.05) is 0 Å². The van der Waals surface area contributed by atoms with E-state index >= 15 is 0 Å². The van der Waals surface area contributed by atoms with Gasteiger partial charge in [-0.15, -0.1) is 0 Å². The Morgan fingerprint density at radius 1 is 1.23 bits per heavy atom. The van der Waals surface area contributed by atoms with Crippen molar-refractivity contribution in [2.24, 2.45) is 0 Å². The van der Waals surface area contributed by atoms with Crippen LogP contribution in [0.4, 0.5) is 13.2 Å². The molecule has 1 aromatic rings. The molecule has 9 heteroatoms. The van der Waals surface area contributed by atoms with Gasteiger partial charge in [-0.1, -0.05) is 12.8 Å². The van der Waals surface area contributed by atoms with Crippen LogP contribution < -0.4 is 4.18 Å². The van der Waals surface area contributed by atoms with Crippen LogP contribution in [0.2, 0.25) is 0 Å². The number of pyridine rings is 1. The predicted molar refractivity (Wildman–Crippen MR) is 81.0 cm³/mol. The molecule has 1 spiro atoms. The van der Waals surface area contributed by atoms with Crippen molar-refractivity contribution in [2.45, 2.75) is 49.4 Å². The SMILES string of the molecule is O=S(=O)(Oc1cnc(I)c2c1CCC21CCCC1)C(F)(F)F. The van der Waals surface area contributed by atoms with Gasteiger partial charge in [0, 0.05) is 5.56 Å². The number of aromatic nitrogens is 1. The summed E-state index contributed by atoms with van der Waals surface area (Å²) in [6, 6.07) is 0. The molecule has 1 saturated carbocycles. The zero-order chi connectivity index (χ0) is 16.2. The minimum Gasteiger partial charge on any atom is -0.374 e. The second-order valence-corrected chi connectivity index (χ2v) is 8.30. The number of halogens is 4. The van der Waals surface area contributed by atoms with Crippen LogP contribution >= 0.6 is 22.6 Å². The zero-order valence-electron chi connectivity index (χ0n) is 11.4. The van der Waals surface area contributed by atoms with Gasteiger partial charge in [-0.25, -0.2) is 4.98 Å². The van der Waals surface area contributed by atoms with Gasteiger partial charge in [0.15, 0.2) is 5.75 Å². The average Bonchev–Trinajstić information content (AvgIpc) is 3.01. The third-order valence-corrected chi connectivity index (χ3v) is 6.31. The molecule has 122 valence electrons. The number of hydrogen-bond acceptors (Lipinski definition) is 4. The van der Waals surface area contributed by atoms with E-state index in [1.54, 1.807) is 0 Å². The molecule has 2 aliphatic carbocycles. The van der Waals surface area contributed by atoms with E-state index in [0.717, 1.165) is 47.6 Å². The lowest BCUT2D eigenvalue weighted by molar-refractivity contribution is -0.0500. The van der Waals surface area contributed by atoms with Crippen molar-refractivity contribution in [1.29, 1.82) is 0 Å². The number of rotatable bonds is 2. The molecule has 0 unspecified atom stereocenters. The zero-order valence-corrected chi connectivity index (χ0v) is 14.4. The van der Waals surface area contributed by atoms with Crippen molar-refractivity contribution in [3.05, 3.63) is 21.0 Å². The average molecular weight is 447 g/mol. The van der Waals surface area contributed by atoms with Crippen molar-refractivity contribution in [2.75, 3.05) is 0 Å². The first-order valence-corrected chi connectivity index (χ1v) is 9.34. The lowest BCUT2D eigenvalue weighted by atomic mass is 9.81. The predicted octanol–water partition coefficient (Wildman–Crippen LogP) is 3.67. The molecule has 1 heterocycles. The van der Waals surface area contributed by atoms with Gasteiger partial charge in [0.1, 0.15) is 3.70 Å². The molecular weight excluding hydrogens is 434 g/mol. The molecule has 0 aliphatic heterocycles. The summed E-state index contributed by atoms with van der Waals surface area (Å²) in [6.07, 6.45) is 6.49. The van der Waals surface area contributed by atoms with E-state index in [2.05, 4.69) is 31.8 Å². The molecule has 0 bridgehead atoms. The Labute approximate surface area is 139 Å². The van der Waals surface area contributed by atoms with Gasteiger partial charge in [-0.3, -0.25) is 0 Å². The fourth-order valence-electron chi connectivity index (χ4n) is 3.57. The molecule has 4 nitrogen and oxygen atoms in total. The van der Waals surface area contributed by atoms with Crippen LogP contribution in [-0.4, -0.2) is 18.9 Å². The fourth-order valence-corrected chi connectivity index (χ4v) is 5.08. The third kappa shape index (κ3) is 2.49. The topological polar surface area (TPSA) is 56.3 Å². The standard InChI is InChI=1S/C13H13F3INO3S/c14-13(15,16)22(19,20)21-9-7-18-11(17)10-8(9)3-6-12(10)4-1-2-5-12/h7H,1-6H2. The Morgan fingerprint density at radius 3 is 2.45 bits per heavy atom. The molecule has 0 amide bonds.